The molecule has 0 saturated carbocycles. The first-order valence-electron chi connectivity index (χ1n) is 11.6. The normalized spacial score (nSPS) is 18.2. The Morgan fingerprint density at radius 3 is 1.90 bits per heavy atom. The van der Waals surface area contributed by atoms with E-state index in [1.54, 1.807) is 24.3 Å². The van der Waals surface area contributed by atoms with Gasteiger partial charge in [0, 0.05) is 5.56 Å². The smallest absolute Gasteiger partial charge is 0.416 e. The molecule has 0 unspecified atom stereocenters. The van der Waals surface area contributed by atoms with Gasteiger partial charge < -0.3 is 9.47 Å². The van der Waals surface area contributed by atoms with Gasteiger partial charge in [-0.15, -0.1) is 0 Å². The molecule has 3 aromatic carbocycles. The second-order valence-electron chi connectivity index (χ2n) is 9.08. The monoisotopic (exact) mass is 577 g/mol. The lowest BCUT2D eigenvalue weighted by atomic mass is 9.95. The zero-order chi connectivity index (χ0) is 29.6. The molecule has 1 saturated heterocycles. The van der Waals surface area contributed by atoms with Crippen LogP contribution < -0.4 is 4.74 Å². The number of hydrogen-bond donors (Lipinski definition) is 0. The first-order valence-corrected chi connectivity index (χ1v) is 11.6. The minimum Gasteiger partial charge on any atom is -0.496 e. The lowest BCUT2D eigenvalue weighted by Crippen LogP contribution is -2.32. The summed E-state index contributed by atoms with van der Waals surface area (Å²) in [6.45, 7) is 0.832. The van der Waals surface area contributed by atoms with Crippen molar-refractivity contribution in [2.24, 2.45) is 0 Å². The van der Waals surface area contributed by atoms with Gasteiger partial charge in [-0.3, -0.25) is 4.90 Å². The average molecular weight is 577 g/mol. The number of cyclic esters (lactones) is 1. The summed E-state index contributed by atoms with van der Waals surface area (Å²) in [4.78, 5) is 13.8. The highest BCUT2D eigenvalue weighted by molar-refractivity contribution is 5.76. The Labute approximate surface area is 221 Å². The molecule has 2 atom stereocenters. The first-order chi connectivity index (χ1) is 18.5. The van der Waals surface area contributed by atoms with E-state index in [4.69, 9.17) is 9.47 Å². The summed E-state index contributed by atoms with van der Waals surface area (Å²) in [6, 6.07) is 9.00. The van der Waals surface area contributed by atoms with E-state index in [1.807, 2.05) is 0 Å². The van der Waals surface area contributed by atoms with Crippen LogP contribution in [-0.2, 0) is 29.8 Å². The molecule has 0 aliphatic carbocycles. The molecule has 1 fully saturated rings. The number of para-hydroxylation sites is 1. The molecule has 0 spiro atoms. The topological polar surface area (TPSA) is 38.8 Å². The second kappa shape index (κ2) is 10.3. The van der Waals surface area contributed by atoms with Crippen molar-refractivity contribution in [3.63, 3.8) is 0 Å². The number of carbonyl (C=O) groups excluding carboxylic acids is 1. The first kappa shape index (κ1) is 29.1. The summed E-state index contributed by atoms with van der Waals surface area (Å²) < 4.78 is 131. The second-order valence-corrected chi connectivity index (χ2v) is 9.08. The quantitative estimate of drug-likeness (QED) is 0.286. The molecule has 214 valence electrons. The van der Waals surface area contributed by atoms with Crippen LogP contribution >= 0.6 is 0 Å². The Kier molecular flexibility index (Phi) is 7.46. The Morgan fingerprint density at radius 1 is 0.775 bits per heavy atom. The summed E-state index contributed by atoms with van der Waals surface area (Å²) >= 11 is 0. The fraction of sp³-hybridized carbons (Fsp3) is 0.296. The Hall–Kier alpha value is -3.90. The number of nitrogens with zero attached hydrogens (tertiary/aromatic N) is 1. The van der Waals surface area contributed by atoms with Crippen molar-refractivity contribution in [2.75, 3.05) is 7.11 Å². The molecular weight excluding hydrogens is 557 g/mol. The van der Waals surface area contributed by atoms with Crippen LogP contribution in [-0.4, -0.2) is 24.1 Å². The maximum Gasteiger partial charge on any atom is 0.416 e. The number of rotatable bonds is 5. The van der Waals surface area contributed by atoms with Crippen LogP contribution in [0.1, 0.15) is 40.8 Å². The van der Waals surface area contributed by atoms with Gasteiger partial charge in [0.05, 0.1) is 36.4 Å². The van der Waals surface area contributed by atoms with E-state index in [1.165, 1.54) is 20.1 Å². The fourth-order valence-corrected chi connectivity index (χ4v) is 4.52. The van der Waals surface area contributed by atoms with E-state index in [2.05, 4.69) is 0 Å². The number of halogens is 9. The van der Waals surface area contributed by atoms with Gasteiger partial charge in [-0.25, -0.2) is 4.79 Å². The van der Waals surface area contributed by atoms with E-state index in [-0.39, 0.29) is 17.2 Å². The van der Waals surface area contributed by atoms with Crippen LogP contribution in [0.4, 0.5) is 44.3 Å². The predicted molar refractivity (Wildman–Crippen MR) is 124 cm³/mol. The molecule has 1 aliphatic rings. The standard InChI is InChI=1S/C27H20F9NO3/c1-14-23(15-9-18(26(31,32)33)12-19(10-15)27(34,35)36)40-24(38)37(14)13-16-11-17(25(28,29)30)7-8-20(16)21-5-3-4-6-22(21)39-2/h3-12,14,23H,13H2,1-2H3/t14-,23-/m0/s1. The van der Waals surface area contributed by atoms with Gasteiger partial charge in [0.15, 0.2) is 0 Å². The third-order valence-corrected chi connectivity index (χ3v) is 6.50. The molecule has 1 heterocycles. The van der Waals surface area contributed by atoms with Crippen LogP contribution in [0.5, 0.6) is 5.75 Å². The number of alkyl halides is 9. The molecule has 0 aromatic heterocycles. The largest absolute Gasteiger partial charge is 0.496 e. The van der Waals surface area contributed by atoms with Crippen LogP contribution in [0, 0.1) is 0 Å². The van der Waals surface area contributed by atoms with Crippen molar-refractivity contribution < 1.29 is 53.8 Å². The molecule has 4 nitrogen and oxygen atoms in total. The van der Waals surface area contributed by atoms with Crippen LogP contribution in [0.15, 0.2) is 60.7 Å². The Morgan fingerprint density at radius 2 is 1.35 bits per heavy atom. The Balaban J connectivity index is 1.76. The van der Waals surface area contributed by atoms with Gasteiger partial charge in [0.1, 0.15) is 11.9 Å². The summed E-state index contributed by atoms with van der Waals surface area (Å²) in [5.41, 5.74) is -4.08. The highest BCUT2D eigenvalue weighted by atomic mass is 19.4. The van der Waals surface area contributed by atoms with Crippen molar-refractivity contribution in [1.29, 1.82) is 0 Å². The minimum absolute atomic E-state index is 0.00352. The number of hydrogen-bond acceptors (Lipinski definition) is 3. The van der Waals surface area contributed by atoms with Gasteiger partial charge in [0.2, 0.25) is 0 Å². The molecule has 0 bridgehead atoms. The lowest BCUT2D eigenvalue weighted by Gasteiger charge is -2.24. The van der Waals surface area contributed by atoms with E-state index >= 15 is 0 Å². The molecule has 4 rings (SSSR count). The van der Waals surface area contributed by atoms with E-state index in [0.29, 0.717) is 23.4 Å². The molecule has 0 radical (unpaired) electrons. The predicted octanol–water partition coefficient (Wildman–Crippen LogP) is 8.50. The summed E-state index contributed by atoms with van der Waals surface area (Å²) in [7, 11) is 1.36. The Bertz CT molecular complexity index is 1380. The zero-order valence-electron chi connectivity index (χ0n) is 20.7. The van der Waals surface area contributed by atoms with Crippen molar-refractivity contribution >= 4 is 6.09 Å². The van der Waals surface area contributed by atoms with Crippen LogP contribution in [0.25, 0.3) is 11.1 Å². The van der Waals surface area contributed by atoms with E-state index in [9.17, 15) is 44.3 Å². The van der Waals surface area contributed by atoms with Gasteiger partial charge in [-0.05, 0) is 60.0 Å². The van der Waals surface area contributed by atoms with Crippen molar-refractivity contribution in [1.82, 2.24) is 4.90 Å². The molecule has 13 heteroatoms. The molecule has 3 aromatic rings. The van der Waals surface area contributed by atoms with Gasteiger partial charge in [0.25, 0.3) is 0 Å². The van der Waals surface area contributed by atoms with Crippen molar-refractivity contribution in [3.05, 3.63) is 88.5 Å². The maximum absolute atomic E-state index is 13.6. The van der Waals surface area contributed by atoms with Gasteiger partial charge >= 0.3 is 24.6 Å². The summed E-state index contributed by atoms with van der Waals surface area (Å²) in [5.74, 6) is 0.321. The van der Waals surface area contributed by atoms with E-state index < -0.39 is 65.6 Å². The molecule has 1 amide bonds. The lowest BCUT2D eigenvalue weighted by molar-refractivity contribution is -0.143. The minimum atomic E-state index is -5.12. The number of amides is 1. The molecule has 0 N–H and O–H groups in total. The maximum atomic E-state index is 13.6. The van der Waals surface area contributed by atoms with Crippen molar-refractivity contribution in [3.8, 4) is 16.9 Å². The van der Waals surface area contributed by atoms with E-state index in [0.717, 1.165) is 17.0 Å². The number of benzene rings is 3. The van der Waals surface area contributed by atoms with Crippen molar-refractivity contribution in [2.45, 2.75) is 44.1 Å². The summed E-state index contributed by atoms with van der Waals surface area (Å²) in [5, 5.41) is 0. The summed E-state index contributed by atoms with van der Waals surface area (Å²) in [6.07, 6.45) is -17.7. The highest BCUT2D eigenvalue weighted by Gasteiger charge is 2.43. The number of carbonyl (C=O) groups is 1. The third kappa shape index (κ3) is 5.82. The highest BCUT2D eigenvalue weighted by Crippen LogP contribution is 2.42. The van der Waals surface area contributed by atoms with Crippen LogP contribution in [0.3, 0.4) is 0 Å². The fourth-order valence-electron chi connectivity index (χ4n) is 4.52. The van der Waals surface area contributed by atoms with Crippen LogP contribution in [0.2, 0.25) is 0 Å². The number of methoxy groups -OCH3 is 1. The number of ether oxygens (including phenoxy) is 2. The SMILES string of the molecule is COc1ccccc1-c1ccc(C(F)(F)F)cc1CN1C(=O)O[C@H](c2cc(C(F)(F)F)cc(C(F)(F)F)c2)[C@@H]1C. The third-order valence-electron chi connectivity index (χ3n) is 6.50. The molecule has 40 heavy (non-hydrogen) atoms. The van der Waals surface area contributed by atoms with Gasteiger partial charge in [-0.2, -0.15) is 39.5 Å². The molecular formula is C27H20F9NO3. The van der Waals surface area contributed by atoms with Gasteiger partial charge in [-0.1, -0.05) is 24.3 Å². The zero-order valence-corrected chi connectivity index (χ0v) is 20.7. The average Bonchev–Trinajstić information content (AvgIpc) is 3.15. The molecule has 1 aliphatic heterocycles.